The Kier molecular flexibility index (Phi) is 6.37. The number of halogens is 2. The zero-order valence-electron chi connectivity index (χ0n) is 11.5. The Morgan fingerprint density at radius 3 is 2.53 bits per heavy atom. The van der Waals surface area contributed by atoms with Crippen LogP contribution in [0.15, 0.2) is 0 Å². The summed E-state index contributed by atoms with van der Waals surface area (Å²) in [5, 5.41) is 3.30. The van der Waals surface area contributed by atoms with Gasteiger partial charge in [0.1, 0.15) is 0 Å². The van der Waals surface area contributed by atoms with E-state index in [1.54, 1.807) is 0 Å². The van der Waals surface area contributed by atoms with Gasteiger partial charge in [0.25, 0.3) is 0 Å². The molecule has 19 heavy (non-hydrogen) atoms. The van der Waals surface area contributed by atoms with Crippen molar-refractivity contribution >= 4 is 30.7 Å². The molecular weight excluding hydrogens is 285 g/mol. The van der Waals surface area contributed by atoms with Crippen LogP contribution < -0.4 is 5.32 Å². The largest absolute Gasteiger partial charge is 0.340 e. The second kappa shape index (κ2) is 7.11. The summed E-state index contributed by atoms with van der Waals surface area (Å²) >= 11 is 0. The van der Waals surface area contributed by atoms with Crippen molar-refractivity contribution in [1.82, 2.24) is 15.1 Å². The Morgan fingerprint density at radius 2 is 1.95 bits per heavy atom. The smallest absolute Gasteiger partial charge is 0.239 e. The monoisotopic (exact) mass is 309 g/mol. The number of likely N-dealkylation sites (tertiary alicyclic amines) is 1. The van der Waals surface area contributed by atoms with E-state index >= 15 is 0 Å². The molecule has 2 heterocycles. The fourth-order valence-electron chi connectivity index (χ4n) is 3.18. The predicted octanol–water partition coefficient (Wildman–Crippen LogP) is 1.28. The normalized spacial score (nSPS) is 30.6. The molecular formula is C13H25Cl2N3O. The Labute approximate surface area is 128 Å². The Morgan fingerprint density at radius 1 is 1.21 bits per heavy atom. The molecule has 2 saturated heterocycles. The van der Waals surface area contributed by atoms with Crippen LogP contribution in [-0.2, 0) is 4.79 Å². The lowest BCUT2D eigenvalue weighted by Crippen LogP contribution is -2.47. The molecule has 4 nitrogen and oxygen atoms in total. The summed E-state index contributed by atoms with van der Waals surface area (Å²) in [5.74, 6) is 0.310. The molecule has 1 aliphatic carbocycles. The standard InChI is InChI=1S/C13H23N3O.2ClH/c1-15(13(17)12-3-2-7-14-12)11-6-8-16(9-11)10-4-5-10;;/h10-12,14H,2-9H2,1H3;2*1H. The van der Waals surface area contributed by atoms with Crippen molar-refractivity contribution in [1.29, 1.82) is 0 Å². The van der Waals surface area contributed by atoms with E-state index in [0.29, 0.717) is 11.9 Å². The molecule has 3 fully saturated rings. The minimum Gasteiger partial charge on any atom is -0.340 e. The first-order valence-electron chi connectivity index (χ1n) is 7.00. The van der Waals surface area contributed by atoms with Crippen molar-refractivity contribution in [2.24, 2.45) is 0 Å². The molecule has 0 radical (unpaired) electrons. The van der Waals surface area contributed by atoms with Crippen molar-refractivity contribution in [2.45, 2.75) is 50.2 Å². The summed E-state index contributed by atoms with van der Waals surface area (Å²) in [6, 6.07) is 1.38. The van der Waals surface area contributed by atoms with E-state index in [4.69, 9.17) is 0 Å². The van der Waals surface area contributed by atoms with Gasteiger partial charge in [-0.15, -0.1) is 24.8 Å². The van der Waals surface area contributed by atoms with E-state index in [1.807, 2.05) is 11.9 Å². The third kappa shape index (κ3) is 3.75. The maximum absolute atomic E-state index is 12.3. The predicted molar refractivity (Wildman–Crippen MR) is 81.3 cm³/mol. The average Bonchev–Trinajstić information content (AvgIpc) is 2.87. The third-order valence-corrected chi connectivity index (χ3v) is 4.51. The highest BCUT2D eigenvalue weighted by Crippen LogP contribution is 2.31. The second-order valence-corrected chi connectivity index (χ2v) is 5.77. The van der Waals surface area contributed by atoms with E-state index in [0.717, 1.165) is 38.4 Å². The van der Waals surface area contributed by atoms with Crippen molar-refractivity contribution < 1.29 is 4.79 Å². The molecule has 2 aliphatic heterocycles. The Bertz CT molecular complexity index is 306. The van der Waals surface area contributed by atoms with Crippen LogP contribution >= 0.6 is 24.8 Å². The summed E-state index contributed by atoms with van der Waals surface area (Å²) in [4.78, 5) is 16.8. The molecule has 1 N–H and O–H groups in total. The third-order valence-electron chi connectivity index (χ3n) is 4.51. The van der Waals surface area contributed by atoms with Crippen LogP contribution in [0, 0.1) is 0 Å². The van der Waals surface area contributed by atoms with Gasteiger partial charge < -0.3 is 10.2 Å². The molecule has 3 aliphatic rings. The van der Waals surface area contributed by atoms with Gasteiger partial charge in [0.15, 0.2) is 0 Å². The number of amides is 1. The van der Waals surface area contributed by atoms with E-state index in [2.05, 4.69) is 10.2 Å². The molecule has 3 rings (SSSR count). The van der Waals surface area contributed by atoms with E-state index < -0.39 is 0 Å². The van der Waals surface area contributed by atoms with Gasteiger partial charge in [-0.3, -0.25) is 9.69 Å². The summed E-state index contributed by atoms with van der Waals surface area (Å²) in [5.41, 5.74) is 0. The van der Waals surface area contributed by atoms with Crippen LogP contribution in [0.4, 0.5) is 0 Å². The molecule has 0 spiro atoms. The van der Waals surface area contributed by atoms with Gasteiger partial charge in [-0.25, -0.2) is 0 Å². The van der Waals surface area contributed by atoms with Crippen LogP contribution in [0.3, 0.4) is 0 Å². The lowest BCUT2D eigenvalue weighted by atomic mass is 10.1. The van der Waals surface area contributed by atoms with Crippen molar-refractivity contribution in [2.75, 3.05) is 26.7 Å². The minimum absolute atomic E-state index is 0. The van der Waals surface area contributed by atoms with Crippen molar-refractivity contribution in [3.05, 3.63) is 0 Å². The van der Waals surface area contributed by atoms with E-state index in [-0.39, 0.29) is 30.9 Å². The van der Waals surface area contributed by atoms with E-state index in [9.17, 15) is 4.79 Å². The summed E-state index contributed by atoms with van der Waals surface area (Å²) in [7, 11) is 1.99. The van der Waals surface area contributed by atoms with Crippen LogP contribution in [-0.4, -0.2) is 60.5 Å². The molecule has 1 amide bonds. The molecule has 6 heteroatoms. The number of nitrogens with zero attached hydrogens (tertiary/aromatic N) is 2. The van der Waals surface area contributed by atoms with Gasteiger partial charge in [-0.1, -0.05) is 0 Å². The van der Waals surface area contributed by atoms with Gasteiger partial charge in [0, 0.05) is 32.2 Å². The number of rotatable bonds is 3. The molecule has 0 aromatic carbocycles. The fourth-order valence-corrected chi connectivity index (χ4v) is 3.18. The van der Waals surface area contributed by atoms with Crippen molar-refractivity contribution in [3.63, 3.8) is 0 Å². The van der Waals surface area contributed by atoms with Crippen LogP contribution in [0.1, 0.15) is 32.1 Å². The summed E-state index contributed by atoms with van der Waals surface area (Å²) < 4.78 is 0. The number of nitrogens with one attached hydrogen (secondary N) is 1. The zero-order chi connectivity index (χ0) is 11.8. The van der Waals surface area contributed by atoms with Crippen LogP contribution in [0.25, 0.3) is 0 Å². The molecule has 112 valence electrons. The number of carbonyl (C=O) groups is 1. The fraction of sp³-hybridized carbons (Fsp3) is 0.923. The Balaban J connectivity index is 0.000000902. The highest BCUT2D eigenvalue weighted by Gasteiger charge is 2.37. The highest BCUT2D eigenvalue weighted by atomic mass is 35.5. The van der Waals surface area contributed by atoms with Gasteiger partial charge in [-0.05, 0) is 38.6 Å². The first kappa shape index (κ1) is 17.0. The first-order valence-corrected chi connectivity index (χ1v) is 7.00. The molecule has 0 aromatic rings. The van der Waals surface area contributed by atoms with Gasteiger partial charge >= 0.3 is 0 Å². The summed E-state index contributed by atoms with van der Waals surface area (Å²) in [6.45, 7) is 3.29. The second-order valence-electron chi connectivity index (χ2n) is 5.77. The average molecular weight is 310 g/mol. The van der Waals surface area contributed by atoms with Gasteiger partial charge in [-0.2, -0.15) is 0 Å². The lowest BCUT2D eigenvalue weighted by Gasteiger charge is -2.27. The molecule has 0 aromatic heterocycles. The molecule has 2 atom stereocenters. The SMILES string of the molecule is CN(C(=O)C1CCCN1)C1CCN(C2CC2)C1.Cl.Cl. The summed E-state index contributed by atoms with van der Waals surface area (Å²) in [6.07, 6.45) is 6.06. The maximum Gasteiger partial charge on any atom is 0.239 e. The molecule has 2 unspecified atom stereocenters. The number of hydrogen-bond donors (Lipinski definition) is 1. The quantitative estimate of drug-likeness (QED) is 0.853. The molecule has 1 saturated carbocycles. The maximum atomic E-state index is 12.3. The topological polar surface area (TPSA) is 35.6 Å². The number of likely N-dealkylation sites (N-methyl/N-ethyl adjacent to an activating group) is 1. The van der Waals surface area contributed by atoms with Crippen molar-refractivity contribution in [3.8, 4) is 0 Å². The molecule has 0 bridgehead atoms. The van der Waals surface area contributed by atoms with E-state index in [1.165, 1.54) is 19.4 Å². The first-order chi connectivity index (χ1) is 8.25. The Hall–Kier alpha value is -0.0300. The minimum atomic E-state index is 0. The lowest BCUT2D eigenvalue weighted by molar-refractivity contribution is -0.133. The van der Waals surface area contributed by atoms with Gasteiger partial charge in [0.2, 0.25) is 5.91 Å². The number of hydrogen-bond acceptors (Lipinski definition) is 3. The zero-order valence-corrected chi connectivity index (χ0v) is 13.1. The van der Waals surface area contributed by atoms with Crippen LogP contribution in [0.5, 0.6) is 0 Å². The number of carbonyl (C=O) groups excluding carboxylic acids is 1. The van der Waals surface area contributed by atoms with Crippen LogP contribution in [0.2, 0.25) is 0 Å². The van der Waals surface area contributed by atoms with Gasteiger partial charge in [0.05, 0.1) is 6.04 Å². The highest BCUT2D eigenvalue weighted by molar-refractivity contribution is 5.85.